The first-order valence-corrected chi connectivity index (χ1v) is 4.12. The second-order valence-corrected chi connectivity index (χ2v) is 2.81. The SMILES string of the molecule is CCC/C=C/CC(Cl)C(=O)[O-].[K+]. The molecule has 0 rings (SSSR count). The Morgan fingerprint density at radius 2 is 2.17 bits per heavy atom. The number of unbranched alkanes of at least 4 members (excludes halogenated alkanes) is 1. The van der Waals surface area contributed by atoms with Crippen molar-refractivity contribution in [3.63, 3.8) is 0 Å². The first-order chi connectivity index (χ1) is 5.18. The molecule has 0 aliphatic rings. The number of carboxylic acid groups (broad SMARTS) is 1. The summed E-state index contributed by atoms with van der Waals surface area (Å²) in [6.07, 6.45) is 6.09. The van der Waals surface area contributed by atoms with Gasteiger partial charge in [0.05, 0.1) is 11.3 Å². The average molecular weight is 215 g/mol. The van der Waals surface area contributed by atoms with Crippen molar-refractivity contribution in [3.05, 3.63) is 12.2 Å². The molecule has 0 heterocycles. The molecule has 4 heteroatoms. The third-order valence-electron chi connectivity index (χ3n) is 1.22. The van der Waals surface area contributed by atoms with E-state index in [1.807, 2.05) is 6.08 Å². The summed E-state index contributed by atoms with van der Waals surface area (Å²) in [5.41, 5.74) is 0. The first kappa shape index (κ1) is 15.6. The van der Waals surface area contributed by atoms with Crippen molar-refractivity contribution in [3.8, 4) is 0 Å². The molecule has 0 aromatic heterocycles. The molecule has 0 amide bonds. The molecular weight excluding hydrogens is 203 g/mol. The molecule has 0 saturated carbocycles. The normalized spacial score (nSPS) is 12.5. The van der Waals surface area contributed by atoms with E-state index in [1.54, 1.807) is 6.08 Å². The minimum absolute atomic E-state index is 0. The van der Waals surface area contributed by atoms with Crippen molar-refractivity contribution in [1.82, 2.24) is 0 Å². The number of allylic oxidation sites excluding steroid dienone is 2. The number of carbonyl (C=O) groups is 1. The van der Waals surface area contributed by atoms with Crippen LogP contribution in [0.25, 0.3) is 0 Å². The van der Waals surface area contributed by atoms with Crippen LogP contribution in [0.5, 0.6) is 0 Å². The number of hydrogen-bond donors (Lipinski definition) is 0. The fraction of sp³-hybridized carbons (Fsp3) is 0.625. The number of aliphatic carboxylic acids is 1. The van der Waals surface area contributed by atoms with Crippen molar-refractivity contribution < 1.29 is 61.3 Å². The van der Waals surface area contributed by atoms with Crippen molar-refractivity contribution in [2.45, 2.75) is 31.6 Å². The summed E-state index contributed by atoms with van der Waals surface area (Å²) >= 11 is 5.38. The van der Waals surface area contributed by atoms with Gasteiger partial charge in [-0.1, -0.05) is 25.5 Å². The monoisotopic (exact) mass is 214 g/mol. The van der Waals surface area contributed by atoms with Gasteiger partial charge in [0, 0.05) is 0 Å². The molecular formula is C8H12ClKO2. The average Bonchev–Trinajstić information content (AvgIpc) is 1.97. The van der Waals surface area contributed by atoms with E-state index in [4.69, 9.17) is 11.6 Å². The summed E-state index contributed by atoms with van der Waals surface area (Å²) in [4.78, 5) is 10.1. The predicted molar refractivity (Wildman–Crippen MR) is 43.3 cm³/mol. The van der Waals surface area contributed by atoms with E-state index in [9.17, 15) is 9.90 Å². The Hall–Kier alpha value is 1.14. The molecule has 0 spiro atoms. The van der Waals surface area contributed by atoms with Crippen molar-refractivity contribution in [1.29, 1.82) is 0 Å². The van der Waals surface area contributed by atoms with Gasteiger partial charge < -0.3 is 9.90 Å². The van der Waals surface area contributed by atoms with Gasteiger partial charge >= 0.3 is 51.4 Å². The van der Waals surface area contributed by atoms with E-state index in [0.717, 1.165) is 12.8 Å². The zero-order chi connectivity index (χ0) is 8.69. The second-order valence-electron chi connectivity index (χ2n) is 2.28. The third kappa shape index (κ3) is 9.23. The van der Waals surface area contributed by atoms with E-state index in [-0.39, 0.29) is 51.4 Å². The van der Waals surface area contributed by atoms with E-state index in [1.165, 1.54) is 0 Å². The van der Waals surface area contributed by atoms with Crippen molar-refractivity contribution >= 4 is 17.6 Å². The molecule has 0 aromatic rings. The van der Waals surface area contributed by atoms with Gasteiger partial charge in [0.15, 0.2) is 0 Å². The van der Waals surface area contributed by atoms with E-state index < -0.39 is 11.3 Å². The number of rotatable bonds is 5. The molecule has 64 valence electrons. The maximum Gasteiger partial charge on any atom is 1.00 e. The summed E-state index contributed by atoms with van der Waals surface area (Å²) < 4.78 is 0. The minimum atomic E-state index is -1.20. The van der Waals surface area contributed by atoms with E-state index >= 15 is 0 Å². The van der Waals surface area contributed by atoms with Gasteiger partial charge in [-0.2, -0.15) is 0 Å². The molecule has 0 saturated heterocycles. The van der Waals surface area contributed by atoms with Gasteiger partial charge in [0.1, 0.15) is 0 Å². The van der Waals surface area contributed by atoms with Gasteiger partial charge in [0.25, 0.3) is 0 Å². The number of carbonyl (C=O) groups excluding carboxylic acids is 1. The van der Waals surface area contributed by atoms with Crippen LogP contribution < -0.4 is 56.5 Å². The summed E-state index contributed by atoms with van der Waals surface area (Å²) in [7, 11) is 0. The Labute approximate surface area is 121 Å². The van der Waals surface area contributed by atoms with E-state index in [0.29, 0.717) is 6.42 Å². The predicted octanol–water partition coefficient (Wildman–Crippen LogP) is -1.91. The molecule has 1 atom stereocenters. The standard InChI is InChI=1S/C8H13ClO2.K/c1-2-3-4-5-6-7(9)8(10)11;/h4-5,7H,2-3,6H2,1H3,(H,10,11);/q;+1/p-1/b5-4+;. The van der Waals surface area contributed by atoms with Gasteiger partial charge in [-0.25, -0.2) is 0 Å². The molecule has 1 unspecified atom stereocenters. The fourth-order valence-electron chi connectivity index (χ4n) is 0.596. The minimum Gasteiger partial charge on any atom is -0.549 e. The van der Waals surface area contributed by atoms with Crippen LogP contribution in [-0.4, -0.2) is 11.3 Å². The fourth-order valence-corrected chi connectivity index (χ4v) is 0.699. The van der Waals surface area contributed by atoms with Gasteiger partial charge in [-0.15, -0.1) is 11.6 Å². The summed E-state index contributed by atoms with van der Waals surface area (Å²) in [5.74, 6) is -1.20. The maximum absolute atomic E-state index is 10.1. The quantitative estimate of drug-likeness (QED) is 0.305. The Bertz CT molecular complexity index is 148. The molecule has 0 aliphatic carbocycles. The zero-order valence-corrected chi connectivity index (χ0v) is 11.4. The first-order valence-electron chi connectivity index (χ1n) is 3.68. The van der Waals surface area contributed by atoms with Crippen LogP contribution in [0.15, 0.2) is 12.2 Å². The molecule has 0 N–H and O–H groups in total. The zero-order valence-electron chi connectivity index (χ0n) is 7.55. The molecule has 0 radical (unpaired) electrons. The number of carboxylic acids is 1. The Kier molecular flexibility index (Phi) is 13.3. The van der Waals surface area contributed by atoms with Gasteiger partial charge in [-0.05, 0) is 12.8 Å². The Balaban J connectivity index is 0. The van der Waals surface area contributed by atoms with Crippen LogP contribution in [0.2, 0.25) is 0 Å². The van der Waals surface area contributed by atoms with Crippen molar-refractivity contribution in [2.24, 2.45) is 0 Å². The number of alkyl halides is 1. The van der Waals surface area contributed by atoms with Crippen LogP contribution in [0.4, 0.5) is 0 Å². The molecule has 0 aromatic carbocycles. The summed E-state index contributed by atoms with van der Waals surface area (Å²) in [5, 5.41) is 9.20. The number of halogens is 1. The molecule has 12 heavy (non-hydrogen) atoms. The van der Waals surface area contributed by atoms with Crippen LogP contribution >= 0.6 is 11.6 Å². The third-order valence-corrected chi connectivity index (χ3v) is 1.58. The summed E-state index contributed by atoms with van der Waals surface area (Å²) in [6.45, 7) is 2.06. The molecule has 0 aliphatic heterocycles. The van der Waals surface area contributed by atoms with Crippen LogP contribution in [0.3, 0.4) is 0 Å². The number of hydrogen-bond acceptors (Lipinski definition) is 2. The second kappa shape index (κ2) is 10.2. The summed E-state index contributed by atoms with van der Waals surface area (Å²) in [6, 6.07) is 0. The van der Waals surface area contributed by atoms with Gasteiger partial charge in [-0.3, -0.25) is 0 Å². The maximum atomic E-state index is 10.1. The molecule has 0 fully saturated rings. The van der Waals surface area contributed by atoms with Crippen molar-refractivity contribution in [2.75, 3.05) is 0 Å². The van der Waals surface area contributed by atoms with Crippen LogP contribution in [0.1, 0.15) is 26.2 Å². The topological polar surface area (TPSA) is 40.1 Å². The van der Waals surface area contributed by atoms with Crippen LogP contribution in [-0.2, 0) is 4.79 Å². The Morgan fingerprint density at radius 3 is 2.58 bits per heavy atom. The van der Waals surface area contributed by atoms with Crippen LogP contribution in [0, 0.1) is 0 Å². The Morgan fingerprint density at radius 1 is 1.58 bits per heavy atom. The van der Waals surface area contributed by atoms with Gasteiger partial charge in [0.2, 0.25) is 0 Å². The van der Waals surface area contributed by atoms with E-state index in [2.05, 4.69) is 6.92 Å². The smallest absolute Gasteiger partial charge is 0.549 e. The molecule has 2 nitrogen and oxygen atoms in total. The largest absolute Gasteiger partial charge is 1.00 e. The molecule has 0 bridgehead atoms.